The number of nitrogens with zero attached hydrogens (tertiary/aromatic N) is 1. The Hall–Kier alpha value is -2.89. The third-order valence-corrected chi connectivity index (χ3v) is 5.44. The van der Waals surface area contributed by atoms with Gasteiger partial charge in [0, 0.05) is 18.5 Å². The number of rotatable bonds is 5. The predicted octanol–water partition coefficient (Wildman–Crippen LogP) is 4.62. The van der Waals surface area contributed by atoms with E-state index in [1.165, 1.54) is 0 Å². The molecule has 30 heavy (non-hydrogen) atoms. The van der Waals surface area contributed by atoms with Crippen LogP contribution in [0, 0.1) is 0 Å². The van der Waals surface area contributed by atoms with E-state index in [0.717, 1.165) is 42.9 Å². The first kappa shape index (κ1) is 20.4. The molecule has 0 unspecified atom stereocenters. The first-order valence-electron chi connectivity index (χ1n) is 10.6. The van der Waals surface area contributed by atoms with Crippen LogP contribution >= 0.6 is 0 Å². The maximum atomic E-state index is 13.3. The van der Waals surface area contributed by atoms with E-state index in [0.29, 0.717) is 30.3 Å². The molecule has 0 aromatic heterocycles. The number of hydrogen-bond acceptors (Lipinski definition) is 5. The van der Waals surface area contributed by atoms with Crippen LogP contribution in [0.1, 0.15) is 55.1 Å². The molecule has 0 bridgehead atoms. The maximum Gasteiger partial charge on any atom is 0.254 e. The summed E-state index contributed by atoms with van der Waals surface area (Å²) in [6, 6.07) is 11.4. The molecule has 6 heteroatoms. The molecular weight excluding hydrogens is 382 g/mol. The Kier molecular flexibility index (Phi) is 6.02. The summed E-state index contributed by atoms with van der Waals surface area (Å²) in [6.45, 7) is 5.96. The van der Waals surface area contributed by atoms with Crippen molar-refractivity contribution in [1.29, 1.82) is 0 Å². The van der Waals surface area contributed by atoms with Crippen molar-refractivity contribution >= 4 is 5.91 Å². The summed E-state index contributed by atoms with van der Waals surface area (Å²) in [5.74, 6) is 2.75. The molecule has 1 atom stereocenters. The van der Waals surface area contributed by atoms with Crippen LogP contribution in [0.3, 0.4) is 0 Å². The topological polar surface area (TPSA) is 57.2 Å². The second kappa shape index (κ2) is 8.86. The number of benzene rings is 2. The van der Waals surface area contributed by atoms with Crippen LogP contribution in [0.2, 0.25) is 0 Å². The SMILES string of the molecule is COc1cc(C(=O)N2CCC[C@H]2c2ccc3c(c2)OCCCO3)ccc1OC(C)C. The third kappa shape index (κ3) is 4.18. The van der Waals surface area contributed by atoms with E-state index >= 15 is 0 Å². The average molecular weight is 411 g/mol. The quantitative estimate of drug-likeness (QED) is 0.719. The molecule has 0 N–H and O–H groups in total. The Bertz CT molecular complexity index is 910. The summed E-state index contributed by atoms with van der Waals surface area (Å²) >= 11 is 0. The number of carbonyl (C=O) groups excluding carboxylic acids is 1. The van der Waals surface area contributed by atoms with Gasteiger partial charge in [-0.05, 0) is 62.6 Å². The minimum absolute atomic E-state index is 0.000918. The van der Waals surface area contributed by atoms with Gasteiger partial charge in [-0.15, -0.1) is 0 Å². The zero-order valence-electron chi connectivity index (χ0n) is 17.8. The van der Waals surface area contributed by atoms with E-state index in [2.05, 4.69) is 0 Å². The normalized spacial score (nSPS) is 18.3. The number of amides is 1. The Morgan fingerprint density at radius 1 is 1.03 bits per heavy atom. The summed E-state index contributed by atoms with van der Waals surface area (Å²) in [5, 5.41) is 0. The second-order valence-corrected chi connectivity index (χ2v) is 7.95. The maximum absolute atomic E-state index is 13.3. The molecule has 4 rings (SSSR count). The molecular formula is C24H29NO5. The van der Waals surface area contributed by atoms with Crippen molar-refractivity contribution in [3.63, 3.8) is 0 Å². The van der Waals surface area contributed by atoms with E-state index in [1.54, 1.807) is 13.2 Å². The van der Waals surface area contributed by atoms with Crippen molar-refractivity contribution in [2.24, 2.45) is 0 Å². The first-order valence-corrected chi connectivity index (χ1v) is 10.6. The van der Waals surface area contributed by atoms with E-state index in [9.17, 15) is 4.79 Å². The highest BCUT2D eigenvalue weighted by Crippen LogP contribution is 2.39. The second-order valence-electron chi connectivity index (χ2n) is 7.95. The van der Waals surface area contributed by atoms with Crippen LogP contribution in [0.4, 0.5) is 0 Å². The summed E-state index contributed by atoms with van der Waals surface area (Å²) in [5.41, 5.74) is 1.68. The summed E-state index contributed by atoms with van der Waals surface area (Å²) in [7, 11) is 1.59. The molecule has 160 valence electrons. The van der Waals surface area contributed by atoms with Gasteiger partial charge in [0.15, 0.2) is 23.0 Å². The fourth-order valence-corrected chi connectivity index (χ4v) is 4.06. The molecule has 0 radical (unpaired) electrons. The van der Waals surface area contributed by atoms with Crippen LogP contribution < -0.4 is 18.9 Å². The lowest BCUT2D eigenvalue weighted by Crippen LogP contribution is -2.30. The van der Waals surface area contributed by atoms with Crippen molar-refractivity contribution in [1.82, 2.24) is 4.90 Å². The van der Waals surface area contributed by atoms with Gasteiger partial charge < -0.3 is 23.8 Å². The van der Waals surface area contributed by atoms with Gasteiger partial charge in [-0.25, -0.2) is 0 Å². The lowest BCUT2D eigenvalue weighted by molar-refractivity contribution is 0.0735. The highest BCUT2D eigenvalue weighted by molar-refractivity contribution is 5.95. The molecule has 6 nitrogen and oxygen atoms in total. The molecule has 2 aromatic carbocycles. The van der Waals surface area contributed by atoms with Crippen molar-refractivity contribution in [3.8, 4) is 23.0 Å². The van der Waals surface area contributed by atoms with Crippen LogP contribution in [0.15, 0.2) is 36.4 Å². The molecule has 2 aliphatic heterocycles. The minimum atomic E-state index is -0.000918. The van der Waals surface area contributed by atoms with E-state index < -0.39 is 0 Å². The number of likely N-dealkylation sites (tertiary alicyclic amines) is 1. The van der Waals surface area contributed by atoms with Crippen molar-refractivity contribution in [2.45, 2.75) is 45.3 Å². The zero-order chi connectivity index (χ0) is 21.1. The van der Waals surface area contributed by atoms with Crippen molar-refractivity contribution in [2.75, 3.05) is 26.9 Å². The summed E-state index contributed by atoms with van der Waals surface area (Å²) < 4.78 is 22.8. The minimum Gasteiger partial charge on any atom is -0.493 e. The Morgan fingerprint density at radius 3 is 2.60 bits per heavy atom. The molecule has 2 heterocycles. The third-order valence-electron chi connectivity index (χ3n) is 5.44. The average Bonchev–Trinajstić information content (AvgIpc) is 3.11. The van der Waals surface area contributed by atoms with E-state index in [1.807, 2.05) is 49.1 Å². The number of carbonyl (C=O) groups is 1. The fourth-order valence-electron chi connectivity index (χ4n) is 4.06. The van der Waals surface area contributed by atoms with Crippen LogP contribution in [0.5, 0.6) is 23.0 Å². The fraction of sp³-hybridized carbons (Fsp3) is 0.458. The van der Waals surface area contributed by atoms with Crippen LogP contribution in [0.25, 0.3) is 0 Å². The smallest absolute Gasteiger partial charge is 0.254 e. The van der Waals surface area contributed by atoms with E-state index in [4.69, 9.17) is 18.9 Å². The Morgan fingerprint density at radius 2 is 1.83 bits per heavy atom. The molecule has 1 saturated heterocycles. The van der Waals surface area contributed by atoms with Crippen LogP contribution in [-0.4, -0.2) is 43.8 Å². The largest absolute Gasteiger partial charge is 0.493 e. The number of ether oxygens (including phenoxy) is 4. The standard InChI is InChI=1S/C24H29NO5/c1-16(2)30-21-10-8-18(15-22(21)27-3)24(26)25-11-4-6-19(25)17-7-9-20-23(14-17)29-13-5-12-28-20/h7-10,14-16,19H,4-6,11-13H2,1-3H3/t19-/m0/s1. The number of methoxy groups -OCH3 is 1. The number of hydrogen-bond donors (Lipinski definition) is 0. The van der Waals surface area contributed by atoms with Gasteiger partial charge in [-0.3, -0.25) is 4.79 Å². The molecule has 1 fully saturated rings. The first-order chi connectivity index (χ1) is 14.6. The van der Waals surface area contributed by atoms with Gasteiger partial charge in [-0.1, -0.05) is 6.07 Å². The van der Waals surface area contributed by atoms with Gasteiger partial charge in [0.2, 0.25) is 0 Å². The predicted molar refractivity (Wildman–Crippen MR) is 114 cm³/mol. The molecule has 1 amide bonds. The lowest BCUT2D eigenvalue weighted by atomic mass is 10.0. The Labute approximate surface area is 177 Å². The molecule has 0 saturated carbocycles. The van der Waals surface area contributed by atoms with Gasteiger partial charge >= 0.3 is 0 Å². The van der Waals surface area contributed by atoms with Crippen LogP contribution in [-0.2, 0) is 0 Å². The van der Waals surface area contributed by atoms with Gasteiger partial charge in [0.05, 0.1) is 32.5 Å². The summed E-state index contributed by atoms with van der Waals surface area (Å²) in [6.07, 6.45) is 2.80. The van der Waals surface area contributed by atoms with Gasteiger partial charge in [0.1, 0.15) is 0 Å². The van der Waals surface area contributed by atoms with Gasteiger partial charge in [-0.2, -0.15) is 0 Å². The van der Waals surface area contributed by atoms with Crippen molar-refractivity contribution < 1.29 is 23.7 Å². The highest BCUT2D eigenvalue weighted by atomic mass is 16.5. The molecule has 2 aliphatic rings. The monoisotopic (exact) mass is 411 g/mol. The number of fused-ring (bicyclic) bond motifs is 1. The van der Waals surface area contributed by atoms with Crippen molar-refractivity contribution in [3.05, 3.63) is 47.5 Å². The Balaban J connectivity index is 1.58. The molecule has 0 aliphatic carbocycles. The molecule has 0 spiro atoms. The highest BCUT2D eigenvalue weighted by Gasteiger charge is 2.32. The zero-order valence-corrected chi connectivity index (χ0v) is 17.8. The molecule has 2 aromatic rings. The van der Waals surface area contributed by atoms with Gasteiger partial charge in [0.25, 0.3) is 5.91 Å². The lowest BCUT2D eigenvalue weighted by Gasteiger charge is -2.26. The van der Waals surface area contributed by atoms with E-state index in [-0.39, 0.29) is 18.1 Å². The summed E-state index contributed by atoms with van der Waals surface area (Å²) in [4.78, 5) is 15.3.